The summed E-state index contributed by atoms with van der Waals surface area (Å²) in [5.41, 5.74) is -4.83. The van der Waals surface area contributed by atoms with Gasteiger partial charge >= 0.3 is 0 Å². The van der Waals surface area contributed by atoms with E-state index < -0.39 is 47.1 Å². The van der Waals surface area contributed by atoms with E-state index in [0.29, 0.717) is 6.42 Å². The molecule has 0 radical (unpaired) electrons. The Morgan fingerprint density at radius 3 is 2.52 bits per heavy atom. The molecule has 9 heteroatoms. The number of nitrogens with one attached hydrogen (secondary N) is 1. The van der Waals surface area contributed by atoms with Gasteiger partial charge in [-0.2, -0.15) is 0 Å². The van der Waals surface area contributed by atoms with E-state index in [2.05, 4.69) is 5.32 Å². The quantitative estimate of drug-likeness (QED) is 0.269. The molecule has 0 aliphatic carbocycles. The summed E-state index contributed by atoms with van der Waals surface area (Å²) in [5.74, 6) is -3.15. The summed E-state index contributed by atoms with van der Waals surface area (Å²) >= 11 is 0. The summed E-state index contributed by atoms with van der Waals surface area (Å²) in [6.45, 7) is 3.13. The molecule has 2 heterocycles. The first-order chi connectivity index (χ1) is 14.7. The lowest BCUT2D eigenvalue weighted by Gasteiger charge is -2.32. The van der Waals surface area contributed by atoms with Gasteiger partial charge in [-0.25, -0.2) is 0 Å². The molecule has 4 N–H and O–H groups in total. The molecule has 1 fully saturated rings. The molecule has 1 unspecified atom stereocenters. The molecular formula is C22H25NO8. The number of amides is 1. The van der Waals surface area contributed by atoms with Crippen LogP contribution in [0.5, 0.6) is 0 Å². The molecule has 1 saturated heterocycles. The van der Waals surface area contributed by atoms with Gasteiger partial charge in [0.1, 0.15) is 18.0 Å². The highest BCUT2D eigenvalue weighted by molar-refractivity contribution is 6.23. The molecule has 0 bridgehead atoms. The monoisotopic (exact) mass is 431 g/mol. The highest BCUT2D eigenvalue weighted by Gasteiger charge is 2.74. The van der Waals surface area contributed by atoms with Crippen LogP contribution in [0.2, 0.25) is 0 Å². The number of hydrogen-bond acceptors (Lipinski definition) is 8. The number of carbonyl (C=O) groups excluding carboxylic acids is 3. The second kappa shape index (κ2) is 8.35. The van der Waals surface area contributed by atoms with Gasteiger partial charge in [0, 0.05) is 18.2 Å². The van der Waals surface area contributed by atoms with Crippen LogP contribution in [0.25, 0.3) is 0 Å². The Kier molecular flexibility index (Phi) is 6.15. The first kappa shape index (κ1) is 22.8. The third-order valence-electron chi connectivity index (χ3n) is 5.58. The number of ketones is 2. The maximum absolute atomic E-state index is 13.1. The fraction of sp³-hybridized carbons (Fsp3) is 0.409. The third-order valence-corrected chi connectivity index (χ3v) is 5.58. The number of carbonyl (C=O) groups is 3. The zero-order chi connectivity index (χ0) is 23.0. The minimum absolute atomic E-state index is 0.135. The number of aliphatic hydroxyl groups excluding tert-OH is 3. The van der Waals surface area contributed by atoms with Gasteiger partial charge in [0.2, 0.25) is 17.3 Å². The summed E-state index contributed by atoms with van der Waals surface area (Å²) in [6, 6.07) is 7.82. The Bertz CT molecular complexity index is 956. The van der Waals surface area contributed by atoms with Gasteiger partial charge < -0.3 is 30.1 Å². The van der Waals surface area contributed by atoms with Gasteiger partial charge in [-0.15, -0.1) is 0 Å². The van der Waals surface area contributed by atoms with E-state index in [4.69, 9.17) is 9.47 Å². The van der Waals surface area contributed by atoms with Gasteiger partial charge in [0.15, 0.2) is 6.10 Å². The van der Waals surface area contributed by atoms with E-state index in [1.807, 2.05) is 6.92 Å². The lowest BCUT2D eigenvalue weighted by atomic mass is 9.85. The Morgan fingerprint density at radius 1 is 1.29 bits per heavy atom. The summed E-state index contributed by atoms with van der Waals surface area (Å²) in [5, 5.41) is 34.0. The van der Waals surface area contributed by atoms with Crippen LogP contribution in [-0.4, -0.2) is 69.5 Å². The predicted octanol–water partition coefficient (Wildman–Crippen LogP) is 0.00280. The minimum Gasteiger partial charge on any atom is -0.467 e. The lowest BCUT2D eigenvalue weighted by Crippen LogP contribution is -2.60. The van der Waals surface area contributed by atoms with E-state index in [9.17, 15) is 29.7 Å². The first-order valence-corrected chi connectivity index (χ1v) is 9.80. The number of rotatable bonds is 7. The van der Waals surface area contributed by atoms with Gasteiger partial charge in [-0.1, -0.05) is 49.4 Å². The second-order valence-electron chi connectivity index (χ2n) is 7.42. The van der Waals surface area contributed by atoms with E-state index in [1.54, 1.807) is 24.3 Å². The Hall–Kier alpha value is -2.85. The first-order valence-electron chi connectivity index (χ1n) is 9.80. The molecule has 9 nitrogen and oxygen atoms in total. The molecule has 0 saturated carbocycles. The molecule has 0 aromatic heterocycles. The number of hydrogen-bond donors (Lipinski definition) is 4. The van der Waals surface area contributed by atoms with Crippen molar-refractivity contribution in [1.82, 2.24) is 5.32 Å². The third kappa shape index (κ3) is 3.30. The average molecular weight is 431 g/mol. The van der Waals surface area contributed by atoms with Crippen LogP contribution in [0.15, 0.2) is 53.8 Å². The highest BCUT2D eigenvalue weighted by atomic mass is 16.6. The number of ether oxygens (including phenoxy) is 2. The van der Waals surface area contributed by atoms with Crippen molar-refractivity contribution < 1.29 is 39.2 Å². The van der Waals surface area contributed by atoms with Gasteiger partial charge in [0.25, 0.3) is 11.5 Å². The molecule has 166 valence electrons. The molecule has 3 rings (SSSR count). The van der Waals surface area contributed by atoms with Crippen molar-refractivity contribution in [2.75, 3.05) is 7.11 Å². The predicted molar refractivity (Wildman–Crippen MR) is 108 cm³/mol. The molecule has 1 amide bonds. The lowest BCUT2D eigenvalue weighted by molar-refractivity contribution is -0.163. The zero-order valence-corrected chi connectivity index (χ0v) is 17.4. The molecule has 1 aromatic rings. The zero-order valence-electron chi connectivity index (χ0n) is 17.4. The summed E-state index contributed by atoms with van der Waals surface area (Å²) in [4.78, 5) is 39.2. The van der Waals surface area contributed by atoms with Crippen molar-refractivity contribution in [2.24, 2.45) is 0 Å². The topological polar surface area (TPSA) is 142 Å². The Morgan fingerprint density at radius 2 is 1.94 bits per heavy atom. The van der Waals surface area contributed by atoms with Crippen LogP contribution >= 0.6 is 0 Å². The van der Waals surface area contributed by atoms with Crippen LogP contribution in [0, 0.1) is 0 Å². The fourth-order valence-electron chi connectivity index (χ4n) is 3.81. The van der Waals surface area contributed by atoms with Gasteiger partial charge in [-0.3, -0.25) is 14.4 Å². The summed E-state index contributed by atoms with van der Waals surface area (Å²) in [7, 11) is 1.11. The van der Waals surface area contributed by atoms with Crippen LogP contribution in [-0.2, 0) is 19.1 Å². The minimum atomic E-state index is -2.53. The summed E-state index contributed by atoms with van der Waals surface area (Å²) < 4.78 is 10.8. The second-order valence-corrected chi connectivity index (χ2v) is 7.42. The van der Waals surface area contributed by atoms with Crippen molar-refractivity contribution >= 4 is 17.5 Å². The maximum atomic E-state index is 13.1. The number of benzene rings is 1. The van der Waals surface area contributed by atoms with E-state index in [1.165, 1.54) is 25.1 Å². The molecule has 2 aliphatic rings. The highest BCUT2D eigenvalue weighted by Crippen LogP contribution is 2.44. The Labute approximate surface area is 179 Å². The number of allylic oxidation sites excluding steroid dienone is 1. The summed E-state index contributed by atoms with van der Waals surface area (Å²) in [6.07, 6.45) is -1.60. The van der Waals surface area contributed by atoms with E-state index in [0.717, 1.165) is 7.11 Å². The van der Waals surface area contributed by atoms with Crippen molar-refractivity contribution in [3.05, 3.63) is 59.4 Å². The van der Waals surface area contributed by atoms with Crippen LogP contribution < -0.4 is 5.32 Å². The van der Waals surface area contributed by atoms with Crippen molar-refractivity contribution in [2.45, 2.75) is 49.9 Å². The van der Waals surface area contributed by atoms with E-state index >= 15 is 0 Å². The van der Waals surface area contributed by atoms with Crippen molar-refractivity contribution in [3.63, 3.8) is 0 Å². The van der Waals surface area contributed by atoms with Crippen LogP contribution in [0.3, 0.4) is 0 Å². The maximum Gasteiger partial charge on any atom is 0.278 e. The standard InChI is InChI=1S/C22H25NO8/c1-4-5-11-14(24)15(25)16-12(2)17(26)21(31-16)19(28)22(30-3,23-20(21)29)18(27)13-9-7-6-8-10-13/h5-11,14-15,19,24-25,28H,4H2,1-3H3,(H,23,29)/b11-5-/t14-,15-,19+,21?,22+/m0/s1. The number of methoxy groups -OCH3 is 1. The average Bonchev–Trinajstić information content (AvgIpc) is 3.18. The Balaban J connectivity index is 1.99. The fourth-order valence-corrected chi connectivity index (χ4v) is 3.81. The van der Waals surface area contributed by atoms with Crippen molar-refractivity contribution in [3.8, 4) is 0 Å². The van der Waals surface area contributed by atoms with Gasteiger partial charge in [-0.05, 0) is 13.3 Å². The van der Waals surface area contributed by atoms with E-state index in [-0.39, 0.29) is 16.9 Å². The number of aliphatic hydroxyl groups is 3. The largest absolute Gasteiger partial charge is 0.467 e. The molecule has 2 aliphatic heterocycles. The smallest absolute Gasteiger partial charge is 0.278 e. The van der Waals surface area contributed by atoms with Crippen molar-refractivity contribution in [1.29, 1.82) is 0 Å². The molecule has 1 spiro atoms. The molecule has 1 aromatic carbocycles. The number of Topliss-reactive ketones (excluding diaryl/α,β-unsaturated/α-hetero) is 2. The normalized spacial score (nSPS) is 30.1. The molecular weight excluding hydrogens is 406 g/mol. The van der Waals surface area contributed by atoms with Crippen LogP contribution in [0.4, 0.5) is 0 Å². The molecule has 5 atom stereocenters. The SMILES string of the molecule is CC/C=C\[C@H](O)[C@H](O)C1=C(C)C(=O)C2(O1)C(=O)N[C@@](OC)(C(=O)c1ccccc1)[C@@H]2O. The molecule has 31 heavy (non-hydrogen) atoms. The van der Waals surface area contributed by atoms with Gasteiger partial charge in [0.05, 0.1) is 0 Å². The van der Waals surface area contributed by atoms with Crippen LogP contribution in [0.1, 0.15) is 30.6 Å².